The predicted molar refractivity (Wildman–Crippen MR) is 181 cm³/mol. The van der Waals surface area contributed by atoms with Gasteiger partial charge in [0.15, 0.2) is 0 Å². The number of benzene rings is 2. The maximum absolute atomic E-state index is 14.8. The lowest BCUT2D eigenvalue weighted by Gasteiger charge is -2.41. The zero-order valence-electron chi connectivity index (χ0n) is 25.0. The molecule has 44 heavy (non-hydrogen) atoms. The first-order valence-corrected chi connectivity index (χ1v) is 17.1. The molecule has 3 aliphatic heterocycles. The van der Waals surface area contributed by atoms with Gasteiger partial charge in [-0.15, -0.1) is 24.9 Å². The number of hydrogen-bond acceptors (Lipinski definition) is 5. The number of amides is 3. The summed E-state index contributed by atoms with van der Waals surface area (Å²) in [7, 11) is 0. The van der Waals surface area contributed by atoms with Crippen molar-refractivity contribution in [3.05, 3.63) is 90.5 Å². The molecule has 2 bridgehead atoms. The van der Waals surface area contributed by atoms with Gasteiger partial charge in [0, 0.05) is 40.4 Å². The maximum atomic E-state index is 14.8. The van der Waals surface area contributed by atoms with E-state index in [0.29, 0.717) is 30.2 Å². The molecule has 0 saturated carbocycles. The molecule has 1 N–H and O–H groups in total. The quantitative estimate of drug-likeness (QED) is 0.232. The Morgan fingerprint density at radius 2 is 1.77 bits per heavy atom. The number of anilines is 1. The Kier molecular flexibility index (Phi) is 10.00. The van der Waals surface area contributed by atoms with Gasteiger partial charge in [-0.1, -0.05) is 83.9 Å². The van der Waals surface area contributed by atoms with Crippen LogP contribution >= 0.6 is 39.3 Å². The van der Waals surface area contributed by atoms with Crippen LogP contribution < -0.4 is 4.90 Å². The molecule has 10 heteroatoms. The Labute approximate surface area is 277 Å². The first-order chi connectivity index (χ1) is 21.1. The van der Waals surface area contributed by atoms with Gasteiger partial charge in [0.25, 0.3) is 5.91 Å². The van der Waals surface area contributed by atoms with E-state index in [1.54, 1.807) is 62.9 Å². The van der Waals surface area contributed by atoms with Crippen molar-refractivity contribution in [3.8, 4) is 0 Å². The van der Waals surface area contributed by atoms with Gasteiger partial charge in [0.1, 0.15) is 6.04 Å². The maximum Gasteiger partial charge on any atom is 0.251 e. The molecule has 3 amide bonds. The molecule has 3 aliphatic rings. The van der Waals surface area contributed by atoms with Crippen LogP contribution in [-0.2, 0) is 20.9 Å². The number of aliphatic hydroxyl groups is 1. The average molecular weight is 701 g/mol. The number of thioether (sulfide) groups is 1. The lowest BCUT2D eigenvalue weighted by molar-refractivity contribution is -0.146. The monoisotopic (exact) mass is 699 g/mol. The Morgan fingerprint density at radius 1 is 1.11 bits per heavy atom. The van der Waals surface area contributed by atoms with Crippen LogP contribution in [0.3, 0.4) is 0 Å². The second-order valence-electron chi connectivity index (χ2n) is 12.1. The number of halogens is 2. The van der Waals surface area contributed by atoms with Crippen LogP contribution in [0.25, 0.3) is 0 Å². The normalized spacial score (nSPS) is 27.7. The number of rotatable bonds is 12. The van der Waals surface area contributed by atoms with E-state index in [1.807, 2.05) is 44.2 Å². The minimum Gasteiger partial charge on any atom is -0.394 e. The molecule has 7 atom stereocenters. The number of aliphatic hydroxyl groups excluding tert-OH is 1. The number of nitrogens with zero attached hydrogens (tertiary/aromatic N) is 3. The van der Waals surface area contributed by atoms with E-state index in [4.69, 9.17) is 11.6 Å². The molecule has 1 spiro atoms. The average Bonchev–Trinajstić information content (AvgIpc) is 3.60. The lowest BCUT2D eigenvalue weighted by atomic mass is 9.70. The fraction of sp³-hybridized carbons (Fsp3) is 0.441. The predicted octanol–water partition coefficient (Wildman–Crippen LogP) is 5.56. The lowest BCUT2D eigenvalue weighted by Crippen LogP contribution is -2.59. The van der Waals surface area contributed by atoms with E-state index in [0.717, 1.165) is 5.56 Å². The minimum absolute atomic E-state index is 0.0712. The summed E-state index contributed by atoms with van der Waals surface area (Å²) in [4.78, 5) is 49.0. The Morgan fingerprint density at radius 3 is 2.36 bits per heavy atom. The highest BCUT2D eigenvalue weighted by molar-refractivity contribution is 9.09. The first-order valence-electron chi connectivity index (χ1n) is 15.0. The number of carbonyl (C=O) groups is 3. The molecule has 5 rings (SSSR count). The van der Waals surface area contributed by atoms with E-state index >= 15 is 0 Å². The van der Waals surface area contributed by atoms with E-state index < -0.39 is 28.7 Å². The minimum atomic E-state index is -0.884. The van der Waals surface area contributed by atoms with Crippen LogP contribution in [-0.4, -0.2) is 79.2 Å². The van der Waals surface area contributed by atoms with Gasteiger partial charge < -0.3 is 19.8 Å². The molecule has 3 heterocycles. The van der Waals surface area contributed by atoms with Gasteiger partial charge in [-0.3, -0.25) is 14.4 Å². The first kappa shape index (κ1) is 32.8. The number of hydrogen-bond donors (Lipinski definition) is 1. The van der Waals surface area contributed by atoms with Gasteiger partial charge in [-0.25, -0.2) is 0 Å². The molecule has 2 aromatic carbocycles. The summed E-state index contributed by atoms with van der Waals surface area (Å²) >= 11 is 11.6. The molecule has 0 radical (unpaired) electrons. The summed E-state index contributed by atoms with van der Waals surface area (Å²) in [5, 5.41) is 10.9. The summed E-state index contributed by atoms with van der Waals surface area (Å²) in [5.74, 6) is -2.07. The van der Waals surface area contributed by atoms with Crippen LogP contribution in [0.1, 0.15) is 25.8 Å². The van der Waals surface area contributed by atoms with Crippen molar-refractivity contribution in [2.24, 2.45) is 17.8 Å². The number of likely N-dealkylation sites (tertiary alicyclic amines) is 1. The van der Waals surface area contributed by atoms with Crippen LogP contribution in [0.4, 0.5) is 5.69 Å². The van der Waals surface area contributed by atoms with E-state index in [-0.39, 0.29) is 46.9 Å². The third-order valence-corrected chi connectivity index (χ3v) is 12.6. The molecular weight excluding hydrogens is 662 g/mol. The number of carbonyl (C=O) groups excluding carboxylic acids is 3. The van der Waals surface area contributed by atoms with E-state index in [9.17, 15) is 19.5 Å². The highest BCUT2D eigenvalue weighted by atomic mass is 79.9. The van der Waals surface area contributed by atoms with Crippen molar-refractivity contribution < 1.29 is 19.5 Å². The zero-order valence-corrected chi connectivity index (χ0v) is 28.2. The van der Waals surface area contributed by atoms with E-state index in [2.05, 4.69) is 29.1 Å². The van der Waals surface area contributed by atoms with Gasteiger partial charge in [0.2, 0.25) is 11.8 Å². The number of alkyl halides is 1. The van der Waals surface area contributed by atoms with Crippen LogP contribution in [0.15, 0.2) is 79.9 Å². The summed E-state index contributed by atoms with van der Waals surface area (Å²) in [6.07, 6.45) is 3.91. The molecule has 3 unspecified atom stereocenters. The molecule has 0 aromatic heterocycles. The van der Waals surface area contributed by atoms with Gasteiger partial charge in [-0.05, 0) is 42.2 Å². The zero-order chi connectivity index (χ0) is 31.8. The van der Waals surface area contributed by atoms with Crippen molar-refractivity contribution in [2.75, 3.05) is 24.6 Å². The fourth-order valence-electron chi connectivity index (χ4n) is 7.23. The van der Waals surface area contributed by atoms with Gasteiger partial charge in [0.05, 0.1) is 29.2 Å². The summed E-state index contributed by atoms with van der Waals surface area (Å²) in [6, 6.07) is 15.3. The molecular formula is C34H39BrClN3O4S. The standard InChI is InChI=1S/C34H39BrClN3O4S/c1-5-16-37(19-22-10-8-7-9-11-22)31(41)27-28-32(42)39(26(20-40)21(3)4)30(34(28)18-25(35)29(27)44-34)33(43)38(17-6-2)24-14-12-23(36)13-15-24/h5-15,21,25-30,40H,1-2,16-20H2,3-4H3/t25?,26-,27-,28-,29-,30?,34?/m0/s1. The van der Waals surface area contributed by atoms with Gasteiger partial charge in [-0.2, -0.15) is 0 Å². The Balaban J connectivity index is 1.60. The molecule has 234 valence electrons. The largest absolute Gasteiger partial charge is 0.394 e. The topological polar surface area (TPSA) is 81.2 Å². The smallest absolute Gasteiger partial charge is 0.251 e. The van der Waals surface area contributed by atoms with Gasteiger partial charge >= 0.3 is 0 Å². The van der Waals surface area contributed by atoms with Crippen molar-refractivity contribution >= 4 is 62.7 Å². The molecule has 0 aliphatic carbocycles. The van der Waals surface area contributed by atoms with Crippen LogP contribution in [0, 0.1) is 17.8 Å². The third kappa shape index (κ3) is 5.65. The van der Waals surface area contributed by atoms with Crippen molar-refractivity contribution in [1.82, 2.24) is 9.80 Å². The fourth-order valence-corrected chi connectivity index (χ4v) is 10.9. The summed E-state index contributed by atoms with van der Waals surface area (Å²) in [5.41, 5.74) is 1.62. The third-order valence-electron chi connectivity index (χ3n) is 9.15. The second-order valence-corrected chi connectivity index (χ2v) is 15.3. The molecule has 3 fully saturated rings. The Bertz CT molecular complexity index is 1410. The van der Waals surface area contributed by atoms with Crippen molar-refractivity contribution in [1.29, 1.82) is 0 Å². The highest BCUT2D eigenvalue weighted by Crippen LogP contribution is 2.68. The van der Waals surface area contributed by atoms with E-state index in [1.165, 1.54) is 0 Å². The second kappa shape index (κ2) is 13.4. The SMILES string of the molecule is C=CCN(Cc1ccccc1)C(=O)[C@H]1[C@H]2C(=O)N([C@@H](CO)C(C)C)C(C(=O)N(CC=C)c3ccc(Cl)cc3)C23CC(Br)[C@@H]1S3. The Hall–Kier alpha value is -2.59. The van der Waals surface area contributed by atoms with Crippen LogP contribution in [0.2, 0.25) is 5.02 Å². The van der Waals surface area contributed by atoms with Crippen molar-refractivity contribution in [3.63, 3.8) is 0 Å². The summed E-state index contributed by atoms with van der Waals surface area (Å²) in [6.45, 7) is 12.3. The molecule has 7 nitrogen and oxygen atoms in total. The summed E-state index contributed by atoms with van der Waals surface area (Å²) < 4.78 is -0.853. The van der Waals surface area contributed by atoms with Crippen molar-refractivity contribution in [2.45, 2.75) is 53.7 Å². The van der Waals surface area contributed by atoms with Crippen LogP contribution in [0.5, 0.6) is 0 Å². The molecule has 2 aromatic rings. The molecule has 3 saturated heterocycles. The highest BCUT2D eigenvalue weighted by Gasteiger charge is 2.76. The number of fused-ring (bicyclic) bond motifs is 1.